The molecule has 1 aliphatic rings. The van der Waals surface area contributed by atoms with Gasteiger partial charge in [-0.25, -0.2) is 13.8 Å². The number of hydrogen-bond donors (Lipinski definition) is 0. The fourth-order valence-electron chi connectivity index (χ4n) is 3.55. The number of carbonyl (C=O) groups excluding carboxylic acids is 1. The Hall–Kier alpha value is -3.03. The fourth-order valence-corrected chi connectivity index (χ4v) is 3.55. The zero-order chi connectivity index (χ0) is 19.1. The number of carbonyl (C=O) groups is 1. The maximum Gasteiger partial charge on any atom is 0.259 e. The summed E-state index contributed by atoms with van der Waals surface area (Å²) in [7, 11) is 0. The highest BCUT2D eigenvalue weighted by atomic mass is 19.1. The van der Waals surface area contributed by atoms with Crippen molar-refractivity contribution in [2.75, 3.05) is 6.54 Å². The lowest BCUT2D eigenvalue weighted by Gasteiger charge is -2.33. The number of fused-ring (bicyclic) bond motifs is 1. The number of amides is 1. The first-order valence-corrected chi connectivity index (χ1v) is 8.73. The summed E-state index contributed by atoms with van der Waals surface area (Å²) in [5.41, 5.74) is 0.645. The van der Waals surface area contributed by atoms with Crippen molar-refractivity contribution in [2.24, 2.45) is 0 Å². The van der Waals surface area contributed by atoms with Crippen LogP contribution in [0.15, 0.2) is 41.5 Å². The Morgan fingerprint density at radius 3 is 2.78 bits per heavy atom. The van der Waals surface area contributed by atoms with Crippen LogP contribution in [-0.4, -0.2) is 31.3 Å². The fraction of sp³-hybridized carbons (Fsp3) is 0.316. The van der Waals surface area contributed by atoms with E-state index in [0.717, 1.165) is 12.5 Å². The molecule has 1 fully saturated rings. The van der Waals surface area contributed by atoms with Crippen molar-refractivity contribution in [3.8, 4) is 0 Å². The van der Waals surface area contributed by atoms with E-state index in [2.05, 4.69) is 4.98 Å². The number of imidazole rings is 1. The number of likely N-dealkylation sites (tertiary alicyclic amines) is 1. The van der Waals surface area contributed by atoms with Crippen molar-refractivity contribution in [3.05, 3.63) is 69.9 Å². The number of benzene rings is 1. The van der Waals surface area contributed by atoms with Gasteiger partial charge in [0.2, 0.25) is 11.7 Å². The van der Waals surface area contributed by atoms with Crippen LogP contribution in [0.5, 0.6) is 0 Å². The first-order valence-electron chi connectivity index (χ1n) is 8.73. The highest BCUT2D eigenvalue weighted by Gasteiger charge is 2.31. The smallest absolute Gasteiger partial charge is 0.259 e. The van der Waals surface area contributed by atoms with E-state index in [4.69, 9.17) is 0 Å². The molecular formula is C19H18F2N4O2. The average Bonchev–Trinajstić information content (AvgIpc) is 3.03. The van der Waals surface area contributed by atoms with Crippen molar-refractivity contribution in [2.45, 2.75) is 32.4 Å². The molecule has 0 spiro atoms. The molecule has 0 N–H and O–H groups in total. The molecule has 1 amide bonds. The lowest BCUT2D eigenvalue weighted by atomic mass is 10.0. The minimum atomic E-state index is -0.666. The molecule has 1 aliphatic heterocycles. The van der Waals surface area contributed by atoms with E-state index in [1.165, 1.54) is 22.6 Å². The number of rotatable bonds is 3. The quantitative estimate of drug-likeness (QED) is 0.710. The van der Waals surface area contributed by atoms with Crippen molar-refractivity contribution in [1.29, 1.82) is 0 Å². The molecule has 0 saturated carbocycles. The molecule has 3 aromatic rings. The van der Waals surface area contributed by atoms with Gasteiger partial charge in [-0.05, 0) is 25.8 Å². The topological polar surface area (TPSA) is 59.6 Å². The summed E-state index contributed by atoms with van der Waals surface area (Å²) in [5.74, 6) is -1.07. The van der Waals surface area contributed by atoms with E-state index in [1.54, 1.807) is 28.8 Å². The zero-order valence-electron chi connectivity index (χ0n) is 14.7. The molecule has 0 aliphatic carbocycles. The molecule has 3 heterocycles. The molecule has 0 bridgehead atoms. The summed E-state index contributed by atoms with van der Waals surface area (Å²) in [5, 5.41) is 0. The Bertz CT molecular complexity index is 1090. The van der Waals surface area contributed by atoms with Gasteiger partial charge in [0.25, 0.3) is 5.56 Å². The number of piperidine rings is 1. The zero-order valence-corrected chi connectivity index (χ0v) is 14.7. The molecule has 1 unspecified atom stereocenters. The second-order valence-electron chi connectivity index (χ2n) is 6.76. The lowest BCUT2D eigenvalue weighted by Crippen LogP contribution is -2.41. The summed E-state index contributed by atoms with van der Waals surface area (Å²) in [6, 6.07) is 4.28. The molecule has 1 saturated heterocycles. The van der Waals surface area contributed by atoms with Crippen molar-refractivity contribution < 1.29 is 13.6 Å². The van der Waals surface area contributed by atoms with Gasteiger partial charge >= 0.3 is 0 Å². The standard InChI is InChI=1S/C19H18F2N4O2/c1-12-9-17(26)25-8-7-24(19(25)22-12)16-3-2-6-23(18(16)27)11-13-4-5-14(20)10-15(13)21/h4-5,7-10,16H,2-3,6,11H2,1H3. The molecule has 4 rings (SSSR count). The van der Waals surface area contributed by atoms with E-state index in [0.29, 0.717) is 24.4 Å². The van der Waals surface area contributed by atoms with Gasteiger partial charge in [-0.1, -0.05) is 6.07 Å². The summed E-state index contributed by atoms with van der Waals surface area (Å²) in [6.07, 6.45) is 4.61. The summed E-state index contributed by atoms with van der Waals surface area (Å²) < 4.78 is 30.2. The van der Waals surface area contributed by atoms with Gasteiger partial charge in [-0.3, -0.25) is 14.0 Å². The number of hydrogen-bond acceptors (Lipinski definition) is 3. The maximum atomic E-state index is 14.0. The number of halogens is 2. The SMILES string of the molecule is Cc1cc(=O)n2ccn(C3CCCN(Cc4ccc(F)cc4F)C3=O)c2n1. The molecule has 2 aromatic heterocycles. The van der Waals surface area contributed by atoms with Crippen LogP contribution in [0, 0.1) is 18.6 Å². The minimum absolute atomic E-state index is 0.0764. The van der Waals surface area contributed by atoms with Gasteiger partial charge in [0.1, 0.15) is 17.7 Å². The third kappa shape index (κ3) is 3.11. The van der Waals surface area contributed by atoms with E-state index in [9.17, 15) is 18.4 Å². The highest BCUT2D eigenvalue weighted by molar-refractivity contribution is 5.81. The van der Waals surface area contributed by atoms with E-state index < -0.39 is 17.7 Å². The third-order valence-corrected chi connectivity index (χ3v) is 4.88. The van der Waals surface area contributed by atoms with Gasteiger partial charge in [0.15, 0.2) is 0 Å². The largest absolute Gasteiger partial charge is 0.336 e. The number of aromatic nitrogens is 3. The molecular weight excluding hydrogens is 354 g/mol. The van der Waals surface area contributed by atoms with Crippen molar-refractivity contribution >= 4 is 11.7 Å². The van der Waals surface area contributed by atoms with Crippen LogP contribution in [0.3, 0.4) is 0 Å². The molecule has 1 aromatic carbocycles. The molecule has 0 radical (unpaired) electrons. The van der Waals surface area contributed by atoms with Crippen LogP contribution >= 0.6 is 0 Å². The van der Waals surface area contributed by atoms with E-state index >= 15 is 0 Å². The average molecular weight is 372 g/mol. The second kappa shape index (κ2) is 6.61. The van der Waals surface area contributed by atoms with E-state index in [-0.39, 0.29) is 23.6 Å². The molecule has 140 valence electrons. The summed E-state index contributed by atoms with van der Waals surface area (Å²) >= 11 is 0. The van der Waals surface area contributed by atoms with Crippen molar-refractivity contribution in [1.82, 2.24) is 18.9 Å². The van der Waals surface area contributed by atoms with Gasteiger partial charge in [-0.15, -0.1) is 0 Å². The van der Waals surface area contributed by atoms with Crippen molar-refractivity contribution in [3.63, 3.8) is 0 Å². The van der Waals surface area contributed by atoms with Crippen LogP contribution in [0.2, 0.25) is 0 Å². The first-order chi connectivity index (χ1) is 12.9. The Balaban J connectivity index is 1.65. The summed E-state index contributed by atoms with van der Waals surface area (Å²) in [4.78, 5) is 31.1. The van der Waals surface area contributed by atoms with E-state index in [1.807, 2.05) is 0 Å². The number of aryl methyl sites for hydroxylation is 1. The predicted octanol–water partition coefficient (Wildman–Crippen LogP) is 2.45. The van der Waals surface area contributed by atoms with Crippen LogP contribution in [-0.2, 0) is 11.3 Å². The second-order valence-corrected chi connectivity index (χ2v) is 6.76. The monoisotopic (exact) mass is 372 g/mol. The highest BCUT2D eigenvalue weighted by Crippen LogP contribution is 2.26. The van der Waals surface area contributed by atoms with Gasteiger partial charge in [0.05, 0.1) is 0 Å². The Morgan fingerprint density at radius 2 is 2.00 bits per heavy atom. The Kier molecular flexibility index (Phi) is 4.25. The summed E-state index contributed by atoms with van der Waals surface area (Å²) in [6.45, 7) is 2.30. The number of nitrogens with zero attached hydrogens (tertiary/aromatic N) is 4. The minimum Gasteiger partial charge on any atom is -0.336 e. The predicted molar refractivity (Wildman–Crippen MR) is 94.2 cm³/mol. The Morgan fingerprint density at radius 1 is 1.19 bits per heavy atom. The first kappa shape index (κ1) is 17.4. The van der Waals surface area contributed by atoms with Crippen LogP contribution < -0.4 is 5.56 Å². The Labute approximate surface area is 153 Å². The van der Waals surface area contributed by atoms with Gasteiger partial charge in [-0.2, -0.15) is 0 Å². The van der Waals surface area contributed by atoms with Gasteiger partial charge < -0.3 is 9.47 Å². The maximum absolute atomic E-state index is 14.0. The molecule has 8 heteroatoms. The third-order valence-electron chi connectivity index (χ3n) is 4.88. The van der Waals surface area contributed by atoms with Crippen LogP contribution in [0.4, 0.5) is 8.78 Å². The van der Waals surface area contributed by atoms with Crippen LogP contribution in [0.1, 0.15) is 30.1 Å². The lowest BCUT2D eigenvalue weighted by molar-refractivity contribution is -0.138. The van der Waals surface area contributed by atoms with Crippen LogP contribution in [0.25, 0.3) is 5.78 Å². The molecule has 1 atom stereocenters. The van der Waals surface area contributed by atoms with Gasteiger partial charge in [0, 0.05) is 48.9 Å². The normalized spacial score (nSPS) is 17.7. The molecule has 27 heavy (non-hydrogen) atoms. The molecule has 6 nitrogen and oxygen atoms in total.